The average Bonchev–Trinajstić information content (AvgIpc) is 2.40. The van der Waals surface area contributed by atoms with Gasteiger partial charge in [0.15, 0.2) is 0 Å². The fourth-order valence-electron chi connectivity index (χ4n) is 2.48. The van der Waals surface area contributed by atoms with Crippen LogP contribution in [0.4, 0.5) is 8.78 Å². The predicted octanol–water partition coefficient (Wildman–Crippen LogP) is 3.44. The lowest BCUT2D eigenvalue weighted by Crippen LogP contribution is -2.38. The lowest BCUT2D eigenvalue weighted by Gasteiger charge is -2.31. The van der Waals surface area contributed by atoms with Crippen LogP contribution in [0, 0.1) is 0 Å². The molecule has 1 aromatic rings. The van der Waals surface area contributed by atoms with Gasteiger partial charge in [-0.3, -0.25) is 9.88 Å². The highest BCUT2D eigenvalue weighted by Gasteiger charge is 2.33. The largest absolute Gasteiger partial charge is 0.495 e. The SMILES string of the molecule is COc1cc(CN2CCC(F)(F)CC2)cnc1C(C)C. The monoisotopic (exact) mass is 284 g/mol. The molecule has 0 unspecified atom stereocenters. The Labute approximate surface area is 118 Å². The summed E-state index contributed by atoms with van der Waals surface area (Å²) >= 11 is 0. The molecule has 0 saturated carbocycles. The second kappa shape index (κ2) is 6.04. The summed E-state index contributed by atoms with van der Waals surface area (Å²) in [4.78, 5) is 6.49. The molecule has 0 amide bonds. The van der Waals surface area contributed by atoms with Gasteiger partial charge in [0.1, 0.15) is 5.75 Å². The Hall–Kier alpha value is -1.23. The van der Waals surface area contributed by atoms with Gasteiger partial charge in [-0.1, -0.05) is 13.8 Å². The number of nitrogens with zero attached hydrogens (tertiary/aromatic N) is 2. The first-order chi connectivity index (χ1) is 9.41. The van der Waals surface area contributed by atoms with Gasteiger partial charge in [-0.15, -0.1) is 0 Å². The fraction of sp³-hybridized carbons (Fsp3) is 0.667. The molecule has 0 aromatic carbocycles. The molecule has 2 rings (SSSR count). The summed E-state index contributed by atoms with van der Waals surface area (Å²) in [5, 5.41) is 0. The number of ether oxygens (including phenoxy) is 1. The molecule has 20 heavy (non-hydrogen) atoms. The number of likely N-dealkylation sites (tertiary alicyclic amines) is 1. The molecular formula is C15H22F2N2O. The summed E-state index contributed by atoms with van der Waals surface area (Å²) in [5.74, 6) is -1.42. The summed E-state index contributed by atoms with van der Waals surface area (Å²) in [6.07, 6.45) is 1.72. The minimum absolute atomic E-state index is 0.0539. The minimum atomic E-state index is -2.49. The molecule has 2 heterocycles. The number of rotatable bonds is 4. The van der Waals surface area contributed by atoms with Crippen LogP contribution < -0.4 is 4.74 Å². The van der Waals surface area contributed by atoms with Gasteiger partial charge in [0.2, 0.25) is 0 Å². The van der Waals surface area contributed by atoms with Gasteiger partial charge in [-0.2, -0.15) is 0 Å². The van der Waals surface area contributed by atoms with Gasteiger partial charge in [0, 0.05) is 38.7 Å². The number of pyridine rings is 1. The van der Waals surface area contributed by atoms with Crippen molar-refractivity contribution in [1.82, 2.24) is 9.88 Å². The van der Waals surface area contributed by atoms with Crippen LogP contribution in [0.15, 0.2) is 12.3 Å². The maximum atomic E-state index is 13.1. The van der Waals surface area contributed by atoms with E-state index in [0.29, 0.717) is 25.6 Å². The molecule has 1 saturated heterocycles. The van der Waals surface area contributed by atoms with Crippen LogP contribution in [0.3, 0.4) is 0 Å². The Balaban J connectivity index is 2.03. The van der Waals surface area contributed by atoms with E-state index in [9.17, 15) is 8.78 Å². The zero-order chi connectivity index (χ0) is 14.8. The second-order valence-corrected chi connectivity index (χ2v) is 5.72. The van der Waals surface area contributed by atoms with E-state index < -0.39 is 5.92 Å². The number of hydrogen-bond donors (Lipinski definition) is 0. The number of hydrogen-bond acceptors (Lipinski definition) is 3. The van der Waals surface area contributed by atoms with E-state index in [4.69, 9.17) is 4.74 Å². The topological polar surface area (TPSA) is 25.4 Å². The van der Waals surface area contributed by atoms with E-state index in [0.717, 1.165) is 17.0 Å². The lowest BCUT2D eigenvalue weighted by atomic mass is 10.1. The van der Waals surface area contributed by atoms with Crippen LogP contribution in [0.5, 0.6) is 5.75 Å². The molecule has 0 atom stereocenters. The lowest BCUT2D eigenvalue weighted by molar-refractivity contribution is -0.0566. The average molecular weight is 284 g/mol. The van der Waals surface area contributed by atoms with Crippen LogP contribution >= 0.6 is 0 Å². The van der Waals surface area contributed by atoms with Gasteiger partial charge in [-0.05, 0) is 17.5 Å². The Bertz CT molecular complexity index is 453. The molecule has 0 radical (unpaired) electrons. The zero-order valence-electron chi connectivity index (χ0n) is 12.3. The first kappa shape index (κ1) is 15.2. The van der Waals surface area contributed by atoms with Crippen molar-refractivity contribution in [3.63, 3.8) is 0 Å². The molecule has 0 spiro atoms. The highest BCUT2D eigenvalue weighted by molar-refractivity contribution is 5.33. The summed E-state index contributed by atoms with van der Waals surface area (Å²) in [6, 6.07) is 1.97. The Morgan fingerprint density at radius 1 is 1.35 bits per heavy atom. The third-order valence-electron chi connectivity index (χ3n) is 3.70. The molecule has 5 heteroatoms. The minimum Gasteiger partial charge on any atom is -0.495 e. The maximum absolute atomic E-state index is 13.1. The third kappa shape index (κ3) is 3.66. The van der Waals surface area contributed by atoms with Crippen molar-refractivity contribution >= 4 is 0 Å². The molecule has 112 valence electrons. The van der Waals surface area contributed by atoms with Crippen LogP contribution in [0.2, 0.25) is 0 Å². The van der Waals surface area contributed by atoms with E-state index in [2.05, 4.69) is 18.8 Å². The molecular weight excluding hydrogens is 262 g/mol. The maximum Gasteiger partial charge on any atom is 0.250 e. The van der Waals surface area contributed by atoms with Crippen molar-refractivity contribution in [3.8, 4) is 5.75 Å². The van der Waals surface area contributed by atoms with Crippen LogP contribution in [0.25, 0.3) is 0 Å². The van der Waals surface area contributed by atoms with Crippen LogP contribution in [-0.2, 0) is 6.54 Å². The van der Waals surface area contributed by atoms with Gasteiger partial charge in [-0.25, -0.2) is 8.78 Å². The Morgan fingerprint density at radius 2 is 2.00 bits per heavy atom. The first-order valence-corrected chi connectivity index (χ1v) is 7.04. The van der Waals surface area contributed by atoms with Gasteiger partial charge < -0.3 is 4.74 Å². The molecule has 1 aromatic heterocycles. The molecule has 0 N–H and O–H groups in total. The van der Waals surface area contributed by atoms with Crippen LogP contribution in [0.1, 0.15) is 43.9 Å². The number of alkyl halides is 2. The molecule has 0 aliphatic carbocycles. The van der Waals surface area contributed by atoms with E-state index in [1.807, 2.05) is 17.2 Å². The third-order valence-corrected chi connectivity index (χ3v) is 3.70. The summed E-state index contributed by atoms with van der Waals surface area (Å²) < 4.78 is 31.6. The zero-order valence-corrected chi connectivity index (χ0v) is 12.3. The molecule has 1 fully saturated rings. The summed E-state index contributed by atoms with van der Waals surface area (Å²) in [7, 11) is 1.63. The Kier molecular flexibility index (Phi) is 4.58. The standard InChI is InChI=1S/C15H22F2N2O/c1-11(2)14-13(20-3)8-12(9-18-14)10-19-6-4-15(16,17)5-7-19/h8-9,11H,4-7,10H2,1-3H3. The molecule has 3 nitrogen and oxygen atoms in total. The van der Waals surface area contributed by atoms with Gasteiger partial charge >= 0.3 is 0 Å². The van der Waals surface area contributed by atoms with Crippen molar-refractivity contribution in [2.24, 2.45) is 0 Å². The molecule has 1 aliphatic rings. The number of halogens is 2. The van der Waals surface area contributed by atoms with Crippen LogP contribution in [-0.4, -0.2) is 36.0 Å². The molecule has 0 bridgehead atoms. The second-order valence-electron chi connectivity index (χ2n) is 5.72. The molecule has 1 aliphatic heterocycles. The number of methoxy groups -OCH3 is 1. The highest BCUT2D eigenvalue weighted by Crippen LogP contribution is 2.29. The van der Waals surface area contributed by atoms with E-state index in [1.54, 1.807) is 7.11 Å². The number of aromatic nitrogens is 1. The first-order valence-electron chi connectivity index (χ1n) is 7.04. The van der Waals surface area contributed by atoms with Crippen molar-refractivity contribution < 1.29 is 13.5 Å². The predicted molar refractivity (Wildman–Crippen MR) is 74.3 cm³/mol. The van der Waals surface area contributed by atoms with Crippen molar-refractivity contribution in [3.05, 3.63) is 23.5 Å². The quantitative estimate of drug-likeness (QED) is 0.847. The summed E-state index contributed by atoms with van der Waals surface area (Å²) in [5.41, 5.74) is 1.94. The van der Waals surface area contributed by atoms with Crippen molar-refractivity contribution in [2.45, 2.75) is 45.1 Å². The van der Waals surface area contributed by atoms with E-state index in [1.165, 1.54) is 0 Å². The van der Waals surface area contributed by atoms with Crippen molar-refractivity contribution in [2.75, 3.05) is 20.2 Å². The smallest absolute Gasteiger partial charge is 0.250 e. The van der Waals surface area contributed by atoms with E-state index in [-0.39, 0.29) is 12.8 Å². The normalized spacial score (nSPS) is 19.3. The summed E-state index contributed by atoms with van der Waals surface area (Å²) in [6.45, 7) is 5.65. The van der Waals surface area contributed by atoms with Crippen molar-refractivity contribution in [1.29, 1.82) is 0 Å². The Morgan fingerprint density at radius 3 is 2.55 bits per heavy atom. The van der Waals surface area contributed by atoms with E-state index >= 15 is 0 Å². The number of piperidine rings is 1. The van der Waals surface area contributed by atoms with Gasteiger partial charge in [0.05, 0.1) is 12.8 Å². The van der Waals surface area contributed by atoms with Gasteiger partial charge in [0.25, 0.3) is 5.92 Å². The highest BCUT2D eigenvalue weighted by atomic mass is 19.3. The fourth-order valence-corrected chi connectivity index (χ4v) is 2.48.